The summed E-state index contributed by atoms with van der Waals surface area (Å²) >= 11 is 5.63. The van der Waals surface area contributed by atoms with E-state index in [0.717, 1.165) is 27.9 Å². The van der Waals surface area contributed by atoms with Gasteiger partial charge in [-0.05, 0) is 6.42 Å². The van der Waals surface area contributed by atoms with E-state index in [2.05, 4.69) is 6.92 Å². The van der Waals surface area contributed by atoms with Crippen molar-refractivity contribution in [3.8, 4) is 0 Å². The quantitative estimate of drug-likeness (QED) is 0.617. The fraction of sp³-hybridized carbons (Fsp3) is 0.571. The van der Waals surface area contributed by atoms with Gasteiger partial charge in [0.05, 0.1) is 6.61 Å². The van der Waals surface area contributed by atoms with Crippen LogP contribution in [-0.4, -0.2) is 10.5 Å². The van der Waals surface area contributed by atoms with Crippen LogP contribution < -0.4 is 4.06 Å². The molecule has 0 fully saturated rings. The molecule has 0 atom stereocenters. The molecule has 0 saturated carbocycles. The van der Waals surface area contributed by atoms with Crippen LogP contribution in [0.4, 0.5) is 0 Å². The van der Waals surface area contributed by atoms with Gasteiger partial charge < -0.3 is 0 Å². The van der Waals surface area contributed by atoms with Gasteiger partial charge in [-0.1, -0.05) is 39.9 Å². The molecule has 7 heteroatoms. The van der Waals surface area contributed by atoms with Crippen molar-refractivity contribution in [2.45, 2.75) is 28.2 Å². The zero-order valence-corrected chi connectivity index (χ0v) is 10.8. The maximum atomic E-state index is 11.0. The van der Waals surface area contributed by atoms with Gasteiger partial charge in [0.25, 0.3) is 4.06 Å². The number of rotatable bonds is 4. The van der Waals surface area contributed by atoms with Crippen molar-refractivity contribution < 1.29 is 4.84 Å². The van der Waals surface area contributed by atoms with E-state index < -0.39 is 0 Å². The molecule has 0 aromatic carbocycles. The average molecular weight is 267 g/mol. The third-order valence-corrected chi connectivity index (χ3v) is 6.30. The Kier molecular flexibility index (Phi) is 3.92. The Morgan fingerprint density at radius 3 is 2.50 bits per heavy atom. The van der Waals surface area contributed by atoms with Crippen LogP contribution in [0.1, 0.15) is 19.8 Å². The summed E-state index contributed by atoms with van der Waals surface area (Å²) in [6.07, 6.45) is 2.21. The third kappa shape index (κ3) is 2.53. The second-order valence-electron chi connectivity index (χ2n) is 2.62. The molecule has 1 aliphatic heterocycles. The predicted octanol–water partition coefficient (Wildman–Crippen LogP) is 3.23. The minimum atomic E-state index is 0.170. The minimum absolute atomic E-state index is 0.170. The summed E-state index contributed by atoms with van der Waals surface area (Å²) < 4.78 is 4.10. The van der Waals surface area contributed by atoms with E-state index in [9.17, 15) is 4.79 Å². The van der Waals surface area contributed by atoms with Crippen molar-refractivity contribution in [2.24, 2.45) is 0 Å². The van der Waals surface area contributed by atoms with Gasteiger partial charge in [0.2, 0.25) is 0 Å². The van der Waals surface area contributed by atoms with Crippen LogP contribution >= 0.6 is 46.6 Å². The monoisotopic (exact) mass is 267 g/mol. The van der Waals surface area contributed by atoms with E-state index in [-0.39, 0.29) is 4.06 Å². The Hall–Kier alpha value is 0.470. The molecule has 0 radical (unpaired) electrons. The summed E-state index contributed by atoms with van der Waals surface area (Å²) in [6.45, 7) is 2.89. The van der Waals surface area contributed by atoms with Gasteiger partial charge in [-0.2, -0.15) is 0 Å². The molecular formula is C7H9NO2S4. The lowest BCUT2D eigenvalue weighted by molar-refractivity contribution is 0.00265. The lowest BCUT2D eigenvalue weighted by atomic mass is 10.4. The average Bonchev–Trinajstić information content (AvgIpc) is 2.61. The number of fused-ring (bicyclic) bond motifs is 1. The highest BCUT2D eigenvalue weighted by Crippen LogP contribution is 2.49. The summed E-state index contributed by atoms with van der Waals surface area (Å²) in [4.78, 5) is 16.5. The molecule has 0 spiro atoms. The zero-order valence-electron chi connectivity index (χ0n) is 7.52. The van der Waals surface area contributed by atoms with Crippen LogP contribution in [0.25, 0.3) is 0 Å². The van der Waals surface area contributed by atoms with Crippen LogP contribution in [0.15, 0.2) is 13.2 Å². The molecule has 0 bridgehead atoms. The number of nitrogens with zero attached hydrogens (tertiary/aromatic N) is 1. The van der Waals surface area contributed by atoms with Crippen molar-refractivity contribution in [3.63, 3.8) is 0 Å². The summed E-state index contributed by atoms with van der Waals surface area (Å²) in [5, 5.41) is 0. The van der Waals surface area contributed by atoms with Crippen molar-refractivity contribution in [3.05, 3.63) is 8.85 Å². The number of unbranched alkanes of at least 4 members (excludes halogenated alkanes) is 1. The van der Waals surface area contributed by atoms with Crippen molar-refractivity contribution >= 4 is 46.6 Å². The summed E-state index contributed by atoms with van der Waals surface area (Å²) in [7, 11) is 0. The molecule has 0 unspecified atom stereocenters. The lowest BCUT2D eigenvalue weighted by Gasteiger charge is -2.10. The summed E-state index contributed by atoms with van der Waals surface area (Å²) in [5.74, 6) is 0. The van der Waals surface area contributed by atoms with Crippen LogP contribution in [0.2, 0.25) is 0 Å². The first kappa shape index (κ1) is 11.0. The zero-order chi connectivity index (χ0) is 9.97. The van der Waals surface area contributed by atoms with Gasteiger partial charge >= 0.3 is 0 Å². The van der Waals surface area contributed by atoms with Crippen LogP contribution in [0, 0.1) is 0 Å². The van der Waals surface area contributed by atoms with E-state index in [0.29, 0.717) is 0 Å². The fourth-order valence-corrected chi connectivity index (χ4v) is 5.97. The summed E-state index contributed by atoms with van der Waals surface area (Å²) in [6, 6.07) is 0. The van der Waals surface area contributed by atoms with Crippen LogP contribution in [-0.2, 0) is 4.84 Å². The molecule has 0 aliphatic carbocycles. The molecule has 0 N–H and O–H groups in total. The second-order valence-corrected chi connectivity index (χ2v) is 7.44. The summed E-state index contributed by atoms with van der Waals surface area (Å²) in [5.41, 5.74) is 0. The Morgan fingerprint density at radius 1 is 1.29 bits per heavy atom. The van der Waals surface area contributed by atoms with E-state index in [4.69, 9.17) is 4.84 Å². The molecule has 3 nitrogen and oxygen atoms in total. The topological polar surface area (TPSA) is 29.5 Å². The van der Waals surface area contributed by atoms with Crippen molar-refractivity contribution in [1.29, 1.82) is 0 Å². The third-order valence-electron chi connectivity index (χ3n) is 1.53. The van der Waals surface area contributed by atoms with E-state index in [1.54, 1.807) is 3.87 Å². The second kappa shape index (κ2) is 5.00. The first-order valence-corrected chi connectivity index (χ1v) is 7.40. The predicted molar refractivity (Wildman–Crippen MR) is 62.9 cm³/mol. The highest BCUT2D eigenvalue weighted by atomic mass is 32.3. The Balaban J connectivity index is 1.86. The SMILES string of the molecule is CCCCON1Sc2sc(=O)sc2S1. The normalized spacial score (nSPS) is 16.1. The van der Waals surface area contributed by atoms with Gasteiger partial charge in [-0.15, -0.1) is 0 Å². The first-order valence-electron chi connectivity index (χ1n) is 4.22. The molecule has 1 aromatic heterocycles. The highest BCUT2D eigenvalue weighted by molar-refractivity contribution is 8.16. The molecule has 1 aromatic rings. The van der Waals surface area contributed by atoms with Gasteiger partial charge in [-0.3, -0.25) is 9.63 Å². The van der Waals surface area contributed by atoms with Gasteiger partial charge in [-0.25, -0.2) is 0 Å². The first-order chi connectivity index (χ1) is 6.79. The number of hydrogen-bond donors (Lipinski definition) is 0. The van der Waals surface area contributed by atoms with Crippen LogP contribution in [0.3, 0.4) is 0 Å². The van der Waals surface area contributed by atoms with E-state index >= 15 is 0 Å². The maximum Gasteiger partial charge on any atom is 0.289 e. The van der Waals surface area contributed by atoms with Gasteiger partial charge in [0, 0.05) is 23.9 Å². The standard InChI is InChI=1S/C7H9NO2S4/c1-2-3-4-10-8-13-5-6(14-8)12-7(9)11-5/h2-4H2,1H3. The van der Waals surface area contributed by atoms with Crippen molar-refractivity contribution in [2.75, 3.05) is 6.61 Å². The highest BCUT2D eigenvalue weighted by Gasteiger charge is 2.25. The van der Waals surface area contributed by atoms with E-state index in [1.165, 1.54) is 46.6 Å². The maximum absolute atomic E-state index is 11.0. The molecule has 78 valence electrons. The molecule has 14 heavy (non-hydrogen) atoms. The lowest BCUT2D eigenvalue weighted by Crippen LogP contribution is -2.05. The van der Waals surface area contributed by atoms with Crippen LogP contribution in [0.5, 0.6) is 0 Å². The molecular weight excluding hydrogens is 258 g/mol. The molecule has 0 amide bonds. The fourth-order valence-electron chi connectivity index (χ4n) is 0.857. The molecule has 2 heterocycles. The Morgan fingerprint density at radius 2 is 1.93 bits per heavy atom. The Labute approximate surface area is 98.7 Å². The number of hydrogen-bond acceptors (Lipinski definition) is 7. The van der Waals surface area contributed by atoms with Gasteiger partial charge in [0.15, 0.2) is 0 Å². The minimum Gasteiger partial charge on any atom is -0.277 e. The van der Waals surface area contributed by atoms with Gasteiger partial charge in [0.1, 0.15) is 8.42 Å². The van der Waals surface area contributed by atoms with Crippen molar-refractivity contribution in [1.82, 2.24) is 3.87 Å². The molecule has 2 rings (SSSR count). The van der Waals surface area contributed by atoms with E-state index in [1.807, 2.05) is 0 Å². The smallest absolute Gasteiger partial charge is 0.277 e. The Bertz CT molecular complexity index is 334. The molecule has 0 saturated heterocycles. The molecule has 1 aliphatic rings. The largest absolute Gasteiger partial charge is 0.289 e.